The lowest BCUT2D eigenvalue weighted by atomic mass is 10.5. The zero-order valence-corrected chi connectivity index (χ0v) is 8.66. The van der Waals surface area contributed by atoms with Crippen LogP contribution in [0.15, 0.2) is 12.3 Å². The summed E-state index contributed by atoms with van der Waals surface area (Å²) in [6.07, 6.45) is 1.72. The van der Waals surface area contributed by atoms with Gasteiger partial charge >= 0.3 is 0 Å². The van der Waals surface area contributed by atoms with Crippen molar-refractivity contribution in [3.05, 3.63) is 28.5 Å². The van der Waals surface area contributed by atoms with Crippen LogP contribution in [0, 0.1) is 6.92 Å². The minimum Gasteiger partial charge on any atom is -0.206 e. The van der Waals surface area contributed by atoms with Crippen LogP contribution in [0.2, 0.25) is 10.6 Å². The Morgan fingerprint density at radius 2 is 1.79 bits per heavy atom. The second-order valence-corrected chi connectivity index (χ2v) is 3.25. The van der Waals surface area contributed by atoms with Crippen molar-refractivity contribution in [3.8, 4) is 5.95 Å². The SMILES string of the molecule is Cc1ccn(-c2nc(Cl)nc(Cl)n2)n1. The van der Waals surface area contributed by atoms with Crippen LogP contribution >= 0.6 is 23.2 Å². The number of aryl methyl sites for hydroxylation is 1. The molecular formula is C7H5Cl2N5. The molecule has 72 valence electrons. The van der Waals surface area contributed by atoms with Gasteiger partial charge in [0.25, 0.3) is 5.95 Å². The van der Waals surface area contributed by atoms with Gasteiger partial charge in [-0.3, -0.25) is 0 Å². The van der Waals surface area contributed by atoms with Crippen molar-refractivity contribution in [3.63, 3.8) is 0 Å². The van der Waals surface area contributed by atoms with Gasteiger partial charge in [0, 0.05) is 6.20 Å². The number of hydrogen-bond acceptors (Lipinski definition) is 4. The van der Waals surface area contributed by atoms with E-state index >= 15 is 0 Å². The summed E-state index contributed by atoms with van der Waals surface area (Å²) in [5.41, 5.74) is 0.859. The summed E-state index contributed by atoms with van der Waals surface area (Å²) in [5.74, 6) is 0.308. The summed E-state index contributed by atoms with van der Waals surface area (Å²) in [5, 5.41) is 4.21. The van der Waals surface area contributed by atoms with E-state index in [4.69, 9.17) is 23.2 Å². The second-order valence-electron chi connectivity index (χ2n) is 2.58. The fraction of sp³-hybridized carbons (Fsp3) is 0.143. The summed E-state index contributed by atoms with van der Waals surface area (Å²) >= 11 is 11.2. The van der Waals surface area contributed by atoms with Gasteiger partial charge in [0.2, 0.25) is 10.6 Å². The van der Waals surface area contributed by atoms with E-state index in [1.165, 1.54) is 4.68 Å². The molecule has 0 radical (unpaired) electrons. The maximum atomic E-state index is 5.62. The van der Waals surface area contributed by atoms with E-state index in [0.29, 0.717) is 5.95 Å². The van der Waals surface area contributed by atoms with Crippen molar-refractivity contribution in [1.82, 2.24) is 24.7 Å². The van der Waals surface area contributed by atoms with E-state index in [0.717, 1.165) is 5.69 Å². The van der Waals surface area contributed by atoms with Gasteiger partial charge in [-0.2, -0.15) is 20.1 Å². The molecule has 0 aliphatic heterocycles. The Morgan fingerprint density at radius 3 is 2.29 bits per heavy atom. The number of aromatic nitrogens is 5. The maximum Gasteiger partial charge on any atom is 0.256 e. The zero-order valence-electron chi connectivity index (χ0n) is 7.15. The third-order valence-corrected chi connectivity index (χ3v) is 1.83. The van der Waals surface area contributed by atoms with E-state index < -0.39 is 0 Å². The first-order valence-electron chi connectivity index (χ1n) is 3.75. The highest BCUT2D eigenvalue weighted by Gasteiger charge is 2.05. The van der Waals surface area contributed by atoms with Crippen LogP contribution in [0.1, 0.15) is 5.69 Å². The first-order valence-corrected chi connectivity index (χ1v) is 4.50. The highest BCUT2D eigenvalue weighted by Crippen LogP contribution is 2.09. The van der Waals surface area contributed by atoms with Crippen LogP contribution in [0.25, 0.3) is 5.95 Å². The molecule has 14 heavy (non-hydrogen) atoms. The van der Waals surface area contributed by atoms with Crippen molar-refractivity contribution in [2.45, 2.75) is 6.92 Å². The highest BCUT2D eigenvalue weighted by atomic mass is 35.5. The molecule has 0 atom stereocenters. The van der Waals surface area contributed by atoms with E-state index in [-0.39, 0.29) is 10.6 Å². The smallest absolute Gasteiger partial charge is 0.206 e. The van der Waals surface area contributed by atoms with Gasteiger partial charge in [0.1, 0.15) is 0 Å². The molecule has 0 spiro atoms. The molecule has 0 saturated carbocycles. The Labute approximate surface area is 89.7 Å². The summed E-state index contributed by atoms with van der Waals surface area (Å²) < 4.78 is 1.48. The Morgan fingerprint density at radius 1 is 1.14 bits per heavy atom. The predicted molar refractivity (Wildman–Crippen MR) is 51.7 cm³/mol. The van der Waals surface area contributed by atoms with Crippen molar-refractivity contribution < 1.29 is 0 Å². The van der Waals surface area contributed by atoms with Crippen molar-refractivity contribution in [2.24, 2.45) is 0 Å². The first kappa shape index (κ1) is 9.36. The standard InChI is InChI=1S/C7H5Cl2N5/c1-4-2-3-14(13-4)7-11-5(8)10-6(9)12-7/h2-3H,1H3. The van der Waals surface area contributed by atoms with Crippen LogP contribution in [-0.4, -0.2) is 24.7 Å². The molecule has 2 rings (SSSR count). The molecule has 7 heteroatoms. The predicted octanol–water partition coefficient (Wildman–Crippen LogP) is 1.67. The molecule has 0 saturated heterocycles. The van der Waals surface area contributed by atoms with Crippen LogP contribution < -0.4 is 0 Å². The van der Waals surface area contributed by atoms with Gasteiger partial charge in [-0.1, -0.05) is 0 Å². The largest absolute Gasteiger partial charge is 0.256 e. The van der Waals surface area contributed by atoms with E-state index in [2.05, 4.69) is 20.1 Å². The molecule has 2 aromatic rings. The fourth-order valence-electron chi connectivity index (χ4n) is 0.945. The molecule has 5 nitrogen and oxygen atoms in total. The third kappa shape index (κ3) is 1.83. The van der Waals surface area contributed by atoms with E-state index in [9.17, 15) is 0 Å². The van der Waals surface area contributed by atoms with E-state index in [1.54, 1.807) is 6.20 Å². The van der Waals surface area contributed by atoms with Crippen LogP contribution in [-0.2, 0) is 0 Å². The Kier molecular flexibility index (Phi) is 2.35. The Hall–Kier alpha value is -1.20. The topological polar surface area (TPSA) is 56.5 Å². The molecule has 0 aromatic carbocycles. The van der Waals surface area contributed by atoms with Gasteiger partial charge < -0.3 is 0 Å². The Bertz CT molecular complexity index is 447. The summed E-state index contributed by atoms with van der Waals surface area (Å²) in [6.45, 7) is 1.86. The summed E-state index contributed by atoms with van der Waals surface area (Å²) in [4.78, 5) is 11.4. The fourth-order valence-corrected chi connectivity index (χ4v) is 1.30. The highest BCUT2D eigenvalue weighted by molar-refractivity contribution is 6.31. The molecule has 0 amide bonds. The third-order valence-electron chi connectivity index (χ3n) is 1.50. The maximum absolute atomic E-state index is 5.62. The minimum atomic E-state index is 0.0492. The average Bonchev–Trinajstić information content (AvgIpc) is 2.50. The van der Waals surface area contributed by atoms with Crippen molar-refractivity contribution in [2.75, 3.05) is 0 Å². The molecule has 0 fully saturated rings. The van der Waals surface area contributed by atoms with Gasteiger partial charge in [0.05, 0.1) is 5.69 Å². The lowest BCUT2D eigenvalue weighted by Crippen LogP contribution is -2.03. The van der Waals surface area contributed by atoms with Gasteiger partial charge in [-0.05, 0) is 36.2 Å². The van der Waals surface area contributed by atoms with Gasteiger partial charge in [-0.25, -0.2) is 4.68 Å². The lowest BCUT2D eigenvalue weighted by molar-refractivity contribution is 0.785. The number of halogens is 2. The van der Waals surface area contributed by atoms with Crippen molar-refractivity contribution >= 4 is 23.2 Å². The molecule has 0 bridgehead atoms. The van der Waals surface area contributed by atoms with Crippen LogP contribution in [0.4, 0.5) is 0 Å². The normalized spacial score (nSPS) is 10.5. The summed E-state index contributed by atoms with van der Waals surface area (Å²) in [6, 6.07) is 1.82. The second kappa shape index (κ2) is 3.51. The molecule has 0 unspecified atom stereocenters. The quantitative estimate of drug-likeness (QED) is 0.747. The van der Waals surface area contributed by atoms with Gasteiger partial charge in [0.15, 0.2) is 0 Å². The lowest BCUT2D eigenvalue weighted by Gasteiger charge is -1.98. The van der Waals surface area contributed by atoms with Crippen molar-refractivity contribution in [1.29, 1.82) is 0 Å². The molecule has 0 N–H and O–H groups in total. The first-order chi connectivity index (χ1) is 6.65. The number of nitrogens with zero attached hydrogens (tertiary/aromatic N) is 5. The minimum absolute atomic E-state index is 0.0492. The number of rotatable bonds is 1. The molecule has 0 aliphatic carbocycles. The molecule has 2 aromatic heterocycles. The molecule has 2 heterocycles. The molecule has 0 aliphatic rings. The number of hydrogen-bond donors (Lipinski definition) is 0. The van der Waals surface area contributed by atoms with Crippen LogP contribution in [0.5, 0.6) is 0 Å². The van der Waals surface area contributed by atoms with E-state index in [1.807, 2.05) is 13.0 Å². The Balaban J connectivity index is 2.51. The monoisotopic (exact) mass is 229 g/mol. The average molecular weight is 230 g/mol. The van der Waals surface area contributed by atoms with Gasteiger partial charge in [-0.15, -0.1) is 0 Å². The summed E-state index contributed by atoms with van der Waals surface area (Å²) in [7, 11) is 0. The van der Waals surface area contributed by atoms with Crippen LogP contribution in [0.3, 0.4) is 0 Å². The zero-order chi connectivity index (χ0) is 10.1. The molecular weight excluding hydrogens is 225 g/mol.